The lowest BCUT2D eigenvalue weighted by atomic mass is 10.2. The van der Waals surface area contributed by atoms with Gasteiger partial charge in [0, 0.05) is 48.0 Å². The molecule has 29 heavy (non-hydrogen) atoms. The number of amides is 2. The lowest BCUT2D eigenvalue weighted by Gasteiger charge is -2.33. The Morgan fingerprint density at radius 2 is 1.72 bits per heavy atom. The quantitative estimate of drug-likeness (QED) is 0.690. The van der Waals surface area contributed by atoms with Crippen LogP contribution in [0.3, 0.4) is 0 Å². The summed E-state index contributed by atoms with van der Waals surface area (Å²) < 4.78 is 27.4. The van der Waals surface area contributed by atoms with Gasteiger partial charge in [-0.05, 0) is 48.5 Å². The SMILES string of the molecule is O=C(CN1CCN(C(=O)/C=C/c2cc(Br)ccc2F)CC1)Nc1ccc(F)cc1. The van der Waals surface area contributed by atoms with E-state index in [0.717, 1.165) is 4.47 Å². The number of rotatable bonds is 5. The number of carbonyl (C=O) groups is 2. The third-order valence-electron chi connectivity index (χ3n) is 4.54. The lowest BCUT2D eigenvalue weighted by Crippen LogP contribution is -2.50. The average Bonchev–Trinajstić information content (AvgIpc) is 2.70. The molecule has 8 heteroatoms. The van der Waals surface area contributed by atoms with E-state index in [4.69, 9.17) is 0 Å². The molecule has 1 fully saturated rings. The number of nitrogens with zero attached hydrogens (tertiary/aromatic N) is 2. The van der Waals surface area contributed by atoms with Crippen LogP contribution in [-0.2, 0) is 9.59 Å². The monoisotopic (exact) mass is 463 g/mol. The number of hydrogen-bond acceptors (Lipinski definition) is 3. The highest BCUT2D eigenvalue weighted by atomic mass is 79.9. The third kappa shape index (κ3) is 6.20. The Morgan fingerprint density at radius 3 is 2.41 bits per heavy atom. The lowest BCUT2D eigenvalue weighted by molar-refractivity contribution is -0.127. The van der Waals surface area contributed by atoms with E-state index < -0.39 is 5.82 Å². The van der Waals surface area contributed by atoms with Crippen LogP contribution in [0.25, 0.3) is 6.08 Å². The van der Waals surface area contributed by atoms with E-state index in [-0.39, 0.29) is 24.2 Å². The molecule has 0 aromatic heterocycles. The Labute approximate surface area is 176 Å². The Morgan fingerprint density at radius 1 is 1.03 bits per heavy atom. The van der Waals surface area contributed by atoms with Gasteiger partial charge in [0.25, 0.3) is 0 Å². The van der Waals surface area contributed by atoms with Gasteiger partial charge in [-0.2, -0.15) is 0 Å². The van der Waals surface area contributed by atoms with Crippen molar-refractivity contribution in [3.63, 3.8) is 0 Å². The van der Waals surface area contributed by atoms with Crippen LogP contribution in [0.4, 0.5) is 14.5 Å². The zero-order valence-electron chi connectivity index (χ0n) is 15.6. The second-order valence-corrected chi connectivity index (χ2v) is 7.57. The molecule has 0 saturated carbocycles. The molecule has 3 rings (SSSR count). The predicted molar refractivity (Wildman–Crippen MR) is 111 cm³/mol. The topological polar surface area (TPSA) is 52.7 Å². The van der Waals surface area contributed by atoms with Gasteiger partial charge in [-0.3, -0.25) is 14.5 Å². The van der Waals surface area contributed by atoms with E-state index in [1.165, 1.54) is 42.5 Å². The van der Waals surface area contributed by atoms with Gasteiger partial charge < -0.3 is 10.2 Å². The molecule has 5 nitrogen and oxygen atoms in total. The summed E-state index contributed by atoms with van der Waals surface area (Å²) in [6.45, 7) is 2.27. The van der Waals surface area contributed by atoms with E-state index in [1.807, 2.05) is 4.90 Å². The molecule has 0 unspecified atom stereocenters. The first kappa shape index (κ1) is 21.1. The molecule has 1 N–H and O–H groups in total. The van der Waals surface area contributed by atoms with Gasteiger partial charge in [0.15, 0.2) is 0 Å². The summed E-state index contributed by atoms with van der Waals surface area (Å²) in [5, 5.41) is 2.72. The first-order chi connectivity index (χ1) is 13.9. The number of hydrogen-bond donors (Lipinski definition) is 1. The first-order valence-electron chi connectivity index (χ1n) is 9.10. The molecule has 1 saturated heterocycles. The van der Waals surface area contributed by atoms with Gasteiger partial charge in [0.2, 0.25) is 11.8 Å². The molecule has 1 aliphatic heterocycles. The van der Waals surface area contributed by atoms with E-state index >= 15 is 0 Å². The van der Waals surface area contributed by atoms with Crippen molar-refractivity contribution in [2.45, 2.75) is 0 Å². The number of benzene rings is 2. The van der Waals surface area contributed by atoms with Crippen molar-refractivity contribution in [3.05, 3.63) is 70.2 Å². The predicted octanol–water partition coefficient (Wildman–Crippen LogP) is 3.52. The zero-order valence-corrected chi connectivity index (χ0v) is 17.2. The van der Waals surface area contributed by atoms with Crippen molar-refractivity contribution in [1.29, 1.82) is 0 Å². The van der Waals surface area contributed by atoms with Crippen molar-refractivity contribution in [2.24, 2.45) is 0 Å². The number of anilines is 1. The van der Waals surface area contributed by atoms with Gasteiger partial charge in [-0.25, -0.2) is 8.78 Å². The van der Waals surface area contributed by atoms with Crippen molar-refractivity contribution in [2.75, 3.05) is 38.0 Å². The normalized spacial score (nSPS) is 14.9. The summed E-state index contributed by atoms with van der Waals surface area (Å²) in [6.07, 6.45) is 2.83. The van der Waals surface area contributed by atoms with Gasteiger partial charge in [0.1, 0.15) is 11.6 Å². The Balaban J connectivity index is 1.46. The Bertz CT molecular complexity index is 911. The van der Waals surface area contributed by atoms with Gasteiger partial charge in [-0.15, -0.1) is 0 Å². The third-order valence-corrected chi connectivity index (χ3v) is 5.04. The van der Waals surface area contributed by atoms with E-state index in [2.05, 4.69) is 21.2 Å². The minimum atomic E-state index is -0.394. The van der Waals surface area contributed by atoms with Crippen LogP contribution in [0.2, 0.25) is 0 Å². The maximum atomic E-state index is 13.8. The summed E-state index contributed by atoms with van der Waals surface area (Å²) in [5.41, 5.74) is 0.874. The van der Waals surface area contributed by atoms with E-state index in [1.54, 1.807) is 17.0 Å². The molecule has 2 amide bonds. The number of nitrogens with one attached hydrogen (secondary N) is 1. The zero-order chi connectivity index (χ0) is 20.8. The van der Waals surface area contributed by atoms with Crippen LogP contribution >= 0.6 is 15.9 Å². The fourth-order valence-corrected chi connectivity index (χ4v) is 3.35. The van der Waals surface area contributed by atoms with Crippen LogP contribution < -0.4 is 5.32 Å². The highest BCUT2D eigenvalue weighted by molar-refractivity contribution is 9.10. The van der Waals surface area contributed by atoms with Crippen LogP contribution in [0.1, 0.15) is 5.56 Å². The van der Waals surface area contributed by atoms with Crippen LogP contribution in [0, 0.1) is 11.6 Å². The molecule has 0 aliphatic carbocycles. The molecule has 1 aliphatic rings. The standard InChI is InChI=1S/C21H20BrF2N3O2/c22-16-2-7-19(24)15(13-16)1-8-21(29)27-11-9-26(10-12-27)14-20(28)25-18-5-3-17(23)4-6-18/h1-8,13H,9-12,14H2,(H,25,28)/b8-1+. The summed E-state index contributed by atoms with van der Waals surface area (Å²) in [5.74, 6) is -1.14. The molecule has 0 bridgehead atoms. The second-order valence-electron chi connectivity index (χ2n) is 6.66. The van der Waals surface area contributed by atoms with Crippen LogP contribution in [0.5, 0.6) is 0 Å². The molecule has 0 spiro atoms. The Kier molecular flexibility index (Phi) is 7.11. The molecule has 0 atom stereocenters. The van der Waals surface area contributed by atoms with Crippen molar-refractivity contribution >= 4 is 39.5 Å². The molecular weight excluding hydrogens is 444 g/mol. The summed E-state index contributed by atoms with van der Waals surface area (Å²) in [6, 6.07) is 10.1. The smallest absolute Gasteiger partial charge is 0.246 e. The Hall–Kier alpha value is -2.58. The molecular formula is C21H20BrF2N3O2. The van der Waals surface area contributed by atoms with Gasteiger partial charge in [-0.1, -0.05) is 15.9 Å². The largest absolute Gasteiger partial charge is 0.337 e. The maximum absolute atomic E-state index is 13.8. The van der Waals surface area contributed by atoms with Crippen molar-refractivity contribution in [1.82, 2.24) is 9.80 Å². The maximum Gasteiger partial charge on any atom is 0.246 e. The molecule has 2 aromatic rings. The minimum Gasteiger partial charge on any atom is -0.337 e. The van der Waals surface area contributed by atoms with Crippen LogP contribution in [0.15, 0.2) is 53.0 Å². The minimum absolute atomic E-state index is 0.193. The second kappa shape index (κ2) is 9.76. The highest BCUT2D eigenvalue weighted by Gasteiger charge is 2.21. The summed E-state index contributed by atoms with van der Waals surface area (Å²) >= 11 is 3.28. The summed E-state index contributed by atoms with van der Waals surface area (Å²) in [7, 11) is 0. The van der Waals surface area contributed by atoms with Crippen molar-refractivity contribution in [3.8, 4) is 0 Å². The van der Waals surface area contributed by atoms with Gasteiger partial charge >= 0.3 is 0 Å². The molecule has 0 radical (unpaired) electrons. The average molecular weight is 464 g/mol. The van der Waals surface area contributed by atoms with Crippen molar-refractivity contribution < 1.29 is 18.4 Å². The highest BCUT2D eigenvalue weighted by Crippen LogP contribution is 2.17. The fraction of sp³-hybridized carbons (Fsp3) is 0.238. The van der Waals surface area contributed by atoms with Crippen LogP contribution in [-0.4, -0.2) is 54.3 Å². The number of carbonyl (C=O) groups excluding carboxylic acids is 2. The first-order valence-corrected chi connectivity index (χ1v) is 9.90. The van der Waals surface area contributed by atoms with E-state index in [9.17, 15) is 18.4 Å². The molecule has 2 aromatic carbocycles. The molecule has 1 heterocycles. The van der Waals surface area contributed by atoms with E-state index in [0.29, 0.717) is 37.4 Å². The van der Waals surface area contributed by atoms with Gasteiger partial charge in [0.05, 0.1) is 6.54 Å². The number of halogens is 3. The number of piperazine rings is 1. The summed E-state index contributed by atoms with van der Waals surface area (Å²) in [4.78, 5) is 28.1. The fourth-order valence-electron chi connectivity index (χ4n) is 2.97. The molecule has 152 valence electrons.